The number of quaternary nitrogens is 1. The number of likely N-dealkylation sites (N-methyl/N-ethyl adjacent to an activating group) is 1. The molecule has 24 heavy (non-hydrogen) atoms. The maximum atomic E-state index is 13.6. The highest BCUT2D eigenvalue weighted by atomic mass is 32.1. The average Bonchev–Trinajstić information content (AvgIpc) is 3.17. The second kappa shape index (κ2) is 6.76. The molecule has 0 saturated carbocycles. The Kier molecular flexibility index (Phi) is 4.87. The van der Waals surface area contributed by atoms with Crippen LogP contribution in [-0.4, -0.2) is 41.8 Å². The summed E-state index contributed by atoms with van der Waals surface area (Å²) in [6.07, 6.45) is 0.389. The Morgan fingerprint density at radius 2 is 2.25 bits per heavy atom. The zero-order valence-corrected chi connectivity index (χ0v) is 15.1. The Bertz CT molecular complexity index is 748. The third kappa shape index (κ3) is 2.93. The van der Waals surface area contributed by atoms with E-state index in [1.54, 1.807) is 6.92 Å². The molecule has 2 heterocycles. The zero-order valence-electron chi connectivity index (χ0n) is 14.3. The highest BCUT2D eigenvalue weighted by molar-refractivity contribution is 7.22. The minimum atomic E-state index is -0.747. The van der Waals surface area contributed by atoms with Crippen molar-refractivity contribution in [3.63, 3.8) is 0 Å². The maximum absolute atomic E-state index is 13.6. The summed E-state index contributed by atoms with van der Waals surface area (Å²) in [5.74, 6) is -0.341. The van der Waals surface area contributed by atoms with Crippen LogP contribution in [0.3, 0.4) is 0 Å². The summed E-state index contributed by atoms with van der Waals surface area (Å²) in [5, 5.41) is 14.1. The summed E-state index contributed by atoms with van der Waals surface area (Å²) in [4.78, 5) is 18.4. The van der Waals surface area contributed by atoms with E-state index >= 15 is 0 Å². The lowest BCUT2D eigenvalue weighted by atomic mass is 10.1. The van der Waals surface area contributed by atoms with Crippen LogP contribution >= 0.6 is 11.3 Å². The van der Waals surface area contributed by atoms with Gasteiger partial charge in [-0.25, -0.2) is 4.90 Å². The number of ether oxygens (including phenoxy) is 1. The number of benzene rings is 1. The number of hydrogen-bond donors (Lipinski definition) is 0. The zero-order chi connectivity index (χ0) is 17.3. The first-order valence-electron chi connectivity index (χ1n) is 8.41. The van der Waals surface area contributed by atoms with Crippen LogP contribution < -0.4 is 4.65 Å². The van der Waals surface area contributed by atoms with Gasteiger partial charge in [0.05, 0.1) is 16.8 Å². The van der Waals surface area contributed by atoms with Crippen molar-refractivity contribution >= 4 is 32.7 Å². The number of esters is 1. The van der Waals surface area contributed by atoms with E-state index in [1.165, 1.54) is 11.3 Å². The van der Waals surface area contributed by atoms with E-state index in [0.717, 1.165) is 28.7 Å². The first kappa shape index (κ1) is 17.3. The number of carbonyl (C=O) groups is 1. The Morgan fingerprint density at radius 1 is 1.46 bits per heavy atom. The summed E-state index contributed by atoms with van der Waals surface area (Å²) in [6.45, 7) is 7.27. The molecule has 0 amide bonds. The number of nitrogens with zero attached hydrogens (tertiary/aromatic N) is 3. The molecular formula is C17H23N3O3S. The Labute approximate surface area is 145 Å². The number of rotatable bonds is 5. The number of fused-ring (bicyclic) bond motifs is 1. The molecule has 0 N–H and O–H groups in total. The third-order valence-electron chi connectivity index (χ3n) is 4.49. The molecule has 0 spiro atoms. The van der Waals surface area contributed by atoms with Gasteiger partial charge in [0.2, 0.25) is 0 Å². The highest BCUT2D eigenvalue weighted by Gasteiger charge is 2.45. The first-order valence-corrected chi connectivity index (χ1v) is 9.23. The number of carbonyl (C=O) groups excluding carboxylic acids is 1. The van der Waals surface area contributed by atoms with Crippen LogP contribution in [0.25, 0.3) is 10.2 Å². The standard InChI is InChI=1S/C17H23N3O3S/c1-4-12-8-7-9-13-16(12)18-17(24-13)20(22)11-19(6-3)10-14(20)23-15(21)5-2/h7-9,14H,4-6,10-11H2,1-3H3. The van der Waals surface area contributed by atoms with Gasteiger partial charge in [-0.05, 0) is 18.1 Å². The lowest BCUT2D eigenvalue weighted by molar-refractivity contribution is -0.153. The van der Waals surface area contributed by atoms with Gasteiger partial charge in [0.15, 0.2) is 0 Å². The third-order valence-corrected chi connectivity index (χ3v) is 5.62. The van der Waals surface area contributed by atoms with E-state index in [4.69, 9.17) is 4.74 Å². The van der Waals surface area contributed by atoms with Crippen molar-refractivity contribution in [1.29, 1.82) is 0 Å². The average molecular weight is 349 g/mol. The number of aromatic nitrogens is 1. The fourth-order valence-corrected chi connectivity index (χ4v) is 4.09. The van der Waals surface area contributed by atoms with Crippen molar-refractivity contribution in [3.05, 3.63) is 29.0 Å². The van der Waals surface area contributed by atoms with Gasteiger partial charge in [-0.1, -0.05) is 44.2 Å². The predicted molar refractivity (Wildman–Crippen MR) is 96.4 cm³/mol. The SMILES string of the molecule is CCC(=O)OC1CN(CC)C[N+]1([O-])c1nc2c(CC)cccc2s1. The molecule has 3 rings (SSSR count). The summed E-state index contributed by atoms with van der Waals surface area (Å²) >= 11 is 1.40. The molecule has 1 saturated heterocycles. The van der Waals surface area contributed by atoms with Gasteiger partial charge >= 0.3 is 5.97 Å². The summed E-state index contributed by atoms with van der Waals surface area (Å²) in [6, 6.07) is 6.02. The van der Waals surface area contributed by atoms with Crippen LogP contribution in [0, 0.1) is 5.21 Å². The molecule has 1 aromatic carbocycles. The second-order valence-corrected chi connectivity index (χ2v) is 7.03. The topological polar surface area (TPSA) is 65.5 Å². The Morgan fingerprint density at radius 3 is 2.92 bits per heavy atom. The number of thiazole rings is 1. The molecule has 6 nitrogen and oxygen atoms in total. The molecule has 2 unspecified atom stereocenters. The van der Waals surface area contributed by atoms with Crippen molar-refractivity contribution < 1.29 is 9.53 Å². The Hall–Kier alpha value is -1.54. The molecule has 1 aliphatic rings. The van der Waals surface area contributed by atoms with E-state index in [-0.39, 0.29) is 19.1 Å². The van der Waals surface area contributed by atoms with Gasteiger partial charge in [0.25, 0.3) is 11.4 Å². The van der Waals surface area contributed by atoms with Gasteiger partial charge < -0.3 is 9.94 Å². The fourth-order valence-electron chi connectivity index (χ4n) is 3.01. The molecule has 130 valence electrons. The van der Waals surface area contributed by atoms with Gasteiger partial charge in [-0.15, -0.1) is 0 Å². The van der Waals surface area contributed by atoms with Crippen LogP contribution in [0.4, 0.5) is 5.13 Å². The largest absolute Gasteiger partial charge is 0.622 e. The molecule has 0 radical (unpaired) electrons. The minimum Gasteiger partial charge on any atom is -0.622 e. The smallest absolute Gasteiger partial charge is 0.310 e. The molecule has 2 aromatic rings. The normalized spacial score (nSPS) is 24.6. The van der Waals surface area contributed by atoms with Crippen LogP contribution in [0.15, 0.2) is 18.2 Å². The monoisotopic (exact) mass is 349 g/mol. The number of aryl methyl sites for hydroxylation is 1. The lowest BCUT2D eigenvalue weighted by Gasteiger charge is -2.38. The maximum Gasteiger partial charge on any atom is 0.310 e. The lowest BCUT2D eigenvalue weighted by Crippen LogP contribution is -2.50. The minimum absolute atomic E-state index is 0.263. The predicted octanol–water partition coefficient (Wildman–Crippen LogP) is 3.24. The molecule has 0 bridgehead atoms. The highest BCUT2D eigenvalue weighted by Crippen LogP contribution is 2.38. The van der Waals surface area contributed by atoms with Crippen molar-refractivity contribution in [2.24, 2.45) is 0 Å². The molecule has 7 heteroatoms. The molecule has 0 aliphatic carbocycles. The van der Waals surface area contributed by atoms with E-state index in [2.05, 4.69) is 11.9 Å². The van der Waals surface area contributed by atoms with Crippen molar-refractivity contribution in [3.8, 4) is 0 Å². The van der Waals surface area contributed by atoms with Crippen molar-refractivity contribution in [1.82, 2.24) is 14.5 Å². The van der Waals surface area contributed by atoms with Crippen molar-refractivity contribution in [2.45, 2.75) is 39.8 Å². The van der Waals surface area contributed by atoms with Gasteiger partial charge in [-0.2, -0.15) is 4.98 Å². The summed E-state index contributed by atoms with van der Waals surface area (Å²) in [7, 11) is 0. The van der Waals surface area contributed by atoms with Gasteiger partial charge in [-0.3, -0.25) is 9.44 Å². The number of hydroxylamine groups is 2. The van der Waals surface area contributed by atoms with Crippen LogP contribution in [0.5, 0.6) is 0 Å². The van der Waals surface area contributed by atoms with Gasteiger partial charge in [0, 0.05) is 13.0 Å². The van der Waals surface area contributed by atoms with E-state index in [0.29, 0.717) is 11.7 Å². The number of hydrogen-bond acceptors (Lipinski definition) is 6. The van der Waals surface area contributed by atoms with Crippen LogP contribution in [0.2, 0.25) is 0 Å². The first-order chi connectivity index (χ1) is 11.5. The second-order valence-electron chi connectivity index (χ2n) is 6.02. The Balaban J connectivity index is 2.01. The van der Waals surface area contributed by atoms with E-state index in [9.17, 15) is 10.0 Å². The van der Waals surface area contributed by atoms with Crippen LogP contribution in [-0.2, 0) is 16.0 Å². The molecule has 1 aliphatic heterocycles. The molecular weight excluding hydrogens is 326 g/mol. The number of para-hydroxylation sites is 1. The van der Waals surface area contributed by atoms with Crippen LogP contribution in [0.1, 0.15) is 32.8 Å². The fraction of sp³-hybridized carbons (Fsp3) is 0.529. The molecule has 1 fully saturated rings. The quantitative estimate of drug-likeness (QED) is 0.471. The van der Waals surface area contributed by atoms with E-state index < -0.39 is 10.9 Å². The summed E-state index contributed by atoms with van der Waals surface area (Å²) in [5.41, 5.74) is 2.03. The van der Waals surface area contributed by atoms with Crippen molar-refractivity contribution in [2.75, 3.05) is 19.8 Å². The summed E-state index contributed by atoms with van der Waals surface area (Å²) < 4.78 is 5.76. The van der Waals surface area contributed by atoms with Gasteiger partial charge in [0.1, 0.15) is 6.67 Å². The molecule has 2 atom stereocenters. The molecule has 1 aromatic heterocycles. The van der Waals surface area contributed by atoms with E-state index in [1.807, 2.05) is 30.0 Å².